The van der Waals surface area contributed by atoms with Crippen LogP contribution in [0.25, 0.3) is 10.9 Å². The van der Waals surface area contributed by atoms with Gasteiger partial charge in [0.05, 0.1) is 24.8 Å². The van der Waals surface area contributed by atoms with Gasteiger partial charge in [0.1, 0.15) is 23.6 Å². The molecule has 0 saturated heterocycles. The number of amides is 2. The number of esters is 1. The molecule has 1 aliphatic rings. The normalized spacial score (nSPS) is 14.0. The first kappa shape index (κ1) is 33.3. The second kappa shape index (κ2) is 15.0. The molecule has 0 bridgehead atoms. The Bertz CT molecular complexity index is 1680. The highest BCUT2D eigenvalue weighted by atomic mass is 19.4. The van der Waals surface area contributed by atoms with Crippen LogP contribution in [0, 0.1) is 0 Å². The largest absolute Gasteiger partial charge is 0.493 e. The van der Waals surface area contributed by atoms with Crippen molar-refractivity contribution in [1.82, 2.24) is 4.98 Å². The van der Waals surface area contributed by atoms with Crippen molar-refractivity contribution in [2.75, 3.05) is 24.4 Å². The Kier molecular flexibility index (Phi) is 10.7. The summed E-state index contributed by atoms with van der Waals surface area (Å²) in [6.45, 7) is 0.311. The number of pyridine rings is 1. The summed E-state index contributed by atoms with van der Waals surface area (Å²) in [7, 11) is 1.53. The van der Waals surface area contributed by atoms with E-state index in [-0.39, 0.29) is 17.8 Å². The van der Waals surface area contributed by atoms with E-state index >= 15 is 0 Å². The monoisotopic (exact) mass is 652 g/mol. The number of rotatable bonds is 12. The highest BCUT2D eigenvalue weighted by molar-refractivity contribution is 5.99. The summed E-state index contributed by atoms with van der Waals surface area (Å²) in [6, 6.07) is 14.6. The van der Waals surface area contributed by atoms with E-state index in [2.05, 4.69) is 15.6 Å². The fourth-order valence-electron chi connectivity index (χ4n) is 5.12. The molecule has 0 aliphatic heterocycles. The molecule has 1 atom stereocenters. The molecule has 2 amide bonds. The average Bonchev–Trinajstić information content (AvgIpc) is 3.56. The molecule has 5 rings (SSSR count). The van der Waals surface area contributed by atoms with E-state index in [1.54, 1.807) is 48.7 Å². The van der Waals surface area contributed by atoms with Gasteiger partial charge in [0, 0.05) is 29.0 Å². The van der Waals surface area contributed by atoms with Gasteiger partial charge in [-0.25, -0.2) is 4.79 Å². The Morgan fingerprint density at radius 3 is 2.23 bits per heavy atom. The van der Waals surface area contributed by atoms with Crippen molar-refractivity contribution in [3.63, 3.8) is 0 Å². The predicted molar refractivity (Wildman–Crippen MR) is 170 cm³/mol. The lowest BCUT2D eigenvalue weighted by Gasteiger charge is -2.16. The van der Waals surface area contributed by atoms with Crippen LogP contribution in [-0.2, 0) is 15.7 Å². The number of anilines is 2. The minimum Gasteiger partial charge on any atom is -0.493 e. The molecule has 1 heterocycles. The number of nitrogens with one attached hydrogen (secondary N) is 2. The first-order valence-electron chi connectivity index (χ1n) is 15.2. The number of fused-ring (bicyclic) bond motifs is 1. The summed E-state index contributed by atoms with van der Waals surface area (Å²) in [5, 5.41) is 5.79. The first-order valence-corrected chi connectivity index (χ1v) is 15.2. The molecular formula is C34H35F3N4O6. The van der Waals surface area contributed by atoms with Crippen LogP contribution in [0.2, 0.25) is 0 Å². The van der Waals surface area contributed by atoms with E-state index < -0.39 is 23.8 Å². The summed E-state index contributed by atoms with van der Waals surface area (Å²) in [5.41, 5.74) is 6.48. The van der Waals surface area contributed by atoms with Gasteiger partial charge in [-0.1, -0.05) is 0 Å². The first-order chi connectivity index (χ1) is 22.6. The smallest absolute Gasteiger partial charge is 0.416 e. The molecule has 4 aromatic rings. The minimum atomic E-state index is -4.46. The second-order valence-corrected chi connectivity index (χ2v) is 11.1. The maximum Gasteiger partial charge on any atom is 0.416 e. The zero-order valence-electron chi connectivity index (χ0n) is 25.6. The number of nitrogens with two attached hydrogens (primary N) is 1. The number of aromatic nitrogens is 1. The van der Waals surface area contributed by atoms with Crippen molar-refractivity contribution < 1.29 is 41.7 Å². The van der Waals surface area contributed by atoms with Crippen molar-refractivity contribution in [1.29, 1.82) is 0 Å². The zero-order chi connectivity index (χ0) is 33.4. The number of carbonyl (C=O) groups is 2. The molecule has 10 nitrogen and oxygen atoms in total. The summed E-state index contributed by atoms with van der Waals surface area (Å²) in [5.74, 6) is 1.57. The molecule has 0 unspecified atom stereocenters. The molecule has 4 N–H and O–H groups in total. The molecule has 1 saturated carbocycles. The number of hydrogen-bond acceptors (Lipinski definition) is 8. The van der Waals surface area contributed by atoms with E-state index in [1.165, 1.54) is 19.2 Å². The predicted octanol–water partition coefficient (Wildman–Crippen LogP) is 7.67. The number of ether oxygens (including phenoxy) is 4. The van der Waals surface area contributed by atoms with Crippen LogP contribution in [0.1, 0.15) is 44.1 Å². The number of urea groups is 1. The van der Waals surface area contributed by atoms with Gasteiger partial charge in [0.15, 0.2) is 11.5 Å². The molecule has 0 radical (unpaired) electrons. The van der Waals surface area contributed by atoms with Gasteiger partial charge >= 0.3 is 18.2 Å². The molecule has 1 aromatic heterocycles. The Labute approximate surface area is 269 Å². The lowest BCUT2D eigenvalue weighted by molar-refractivity contribution is -0.150. The van der Waals surface area contributed by atoms with Crippen molar-refractivity contribution in [3.05, 3.63) is 78.5 Å². The molecule has 1 aliphatic carbocycles. The quantitative estimate of drug-likeness (QED) is 0.105. The van der Waals surface area contributed by atoms with Crippen molar-refractivity contribution in [2.45, 2.75) is 56.8 Å². The molecule has 3 aromatic carbocycles. The number of alkyl halides is 3. The topological polar surface area (TPSA) is 134 Å². The molecule has 13 heteroatoms. The fraction of sp³-hybridized carbons (Fsp3) is 0.324. The minimum absolute atomic E-state index is 0.0196. The summed E-state index contributed by atoms with van der Waals surface area (Å²) >= 11 is 0. The van der Waals surface area contributed by atoms with E-state index in [1.807, 2.05) is 0 Å². The van der Waals surface area contributed by atoms with Crippen LogP contribution in [-0.4, -0.2) is 42.8 Å². The Morgan fingerprint density at radius 1 is 0.936 bits per heavy atom. The van der Waals surface area contributed by atoms with Gasteiger partial charge in [-0.3, -0.25) is 9.78 Å². The maximum absolute atomic E-state index is 12.8. The van der Waals surface area contributed by atoms with E-state index in [0.29, 0.717) is 59.0 Å². The van der Waals surface area contributed by atoms with E-state index in [0.717, 1.165) is 37.8 Å². The average molecular weight is 653 g/mol. The van der Waals surface area contributed by atoms with Gasteiger partial charge in [0.2, 0.25) is 0 Å². The molecule has 1 fully saturated rings. The van der Waals surface area contributed by atoms with Gasteiger partial charge in [-0.05, 0) is 99.2 Å². The molecule has 47 heavy (non-hydrogen) atoms. The van der Waals surface area contributed by atoms with Crippen LogP contribution in [0.4, 0.5) is 29.3 Å². The van der Waals surface area contributed by atoms with Crippen LogP contribution < -0.4 is 30.6 Å². The van der Waals surface area contributed by atoms with Crippen LogP contribution in [0.15, 0.2) is 72.9 Å². The maximum atomic E-state index is 12.8. The highest BCUT2D eigenvalue weighted by Crippen LogP contribution is 2.37. The lowest BCUT2D eigenvalue weighted by atomic mass is 10.1. The van der Waals surface area contributed by atoms with Crippen molar-refractivity contribution >= 4 is 34.3 Å². The molecule has 0 spiro atoms. The Hall–Kier alpha value is -5.04. The third-order valence-corrected chi connectivity index (χ3v) is 7.60. The number of hydrogen-bond donors (Lipinski definition) is 3. The van der Waals surface area contributed by atoms with Gasteiger partial charge in [0.25, 0.3) is 0 Å². The van der Waals surface area contributed by atoms with E-state index in [9.17, 15) is 22.8 Å². The van der Waals surface area contributed by atoms with Gasteiger partial charge < -0.3 is 35.3 Å². The highest BCUT2D eigenvalue weighted by Gasteiger charge is 2.30. The number of halogens is 3. The summed E-state index contributed by atoms with van der Waals surface area (Å²) < 4.78 is 61.4. The van der Waals surface area contributed by atoms with Gasteiger partial charge in [-0.2, -0.15) is 13.2 Å². The van der Waals surface area contributed by atoms with Crippen molar-refractivity contribution in [2.24, 2.45) is 5.73 Å². The third-order valence-electron chi connectivity index (χ3n) is 7.60. The van der Waals surface area contributed by atoms with Crippen LogP contribution >= 0.6 is 0 Å². The standard InChI is InChI=1S/C34H35F3N4O6/c1-44-30-19-26-28(20-31(30)45-18-4-7-27(38)32(42)47-24-5-2-3-6-24)39-17-16-29(26)46-25-14-12-23(13-15-25)41-33(43)40-22-10-8-21(9-11-22)34(35,36)37/h8-17,19-20,24,27H,2-7,18,38H2,1H3,(H2,40,41,43)/t27-/m1/s1. The zero-order valence-corrected chi connectivity index (χ0v) is 25.6. The van der Waals surface area contributed by atoms with Crippen LogP contribution in [0.5, 0.6) is 23.0 Å². The number of benzene rings is 3. The number of methoxy groups -OCH3 is 1. The third kappa shape index (κ3) is 9.03. The van der Waals surface area contributed by atoms with Gasteiger partial charge in [-0.15, -0.1) is 0 Å². The molecular weight excluding hydrogens is 617 g/mol. The number of nitrogens with zero attached hydrogens (tertiary/aromatic N) is 1. The number of carbonyl (C=O) groups excluding carboxylic acids is 2. The molecule has 248 valence electrons. The summed E-state index contributed by atoms with van der Waals surface area (Å²) in [4.78, 5) is 29.0. The second-order valence-electron chi connectivity index (χ2n) is 11.1. The van der Waals surface area contributed by atoms with Crippen molar-refractivity contribution in [3.8, 4) is 23.0 Å². The lowest BCUT2D eigenvalue weighted by Crippen LogP contribution is -2.34. The fourth-order valence-corrected chi connectivity index (χ4v) is 5.12. The van der Waals surface area contributed by atoms with E-state index in [4.69, 9.17) is 24.7 Å². The van der Waals surface area contributed by atoms with Crippen LogP contribution in [0.3, 0.4) is 0 Å². The SMILES string of the molecule is COc1cc2c(Oc3ccc(NC(=O)Nc4ccc(C(F)(F)F)cc4)cc3)ccnc2cc1OCCC[C@@H](N)C(=O)OC1CCCC1. The Balaban J connectivity index is 1.15. The Morgan fingerprint density at radius 2 is 1.60 bits per heavy atom. The summed E-state index contributed by atoms with van der Waals surface area (Å²) in [6.07, 6.45) is 2.03.